The van der Waals surface area contributed by atoms with E-state index in [1.807, 2.05) is 12.1 Å². The van der Waals surface area contributed by atoms with Crippen molar-refractivity contribution in [2.24, 2.45) is 0 Å². The van der Waals surface area contributed by atoms with Gasteiger partial charge < -0.3 is 14.1 Å². The molecule has 0 N–H and O–H groups in total. The van der Waals surface area contributed by atoms with Crippen LogP contribution in [0, 0.1) is 3.57 Å². The summed E-state index contributed by atoms with van der Waals surface area (Å²) in [6.07, 6.45) is 2.95. The van der Waals surface area contributed by atoms with Crippen LogP contribution in [0.15, 0.2) is 47.1 Å². The third kappa shape index (κ3) is 3.70. The largest absolute Gasteiger partial charge is 0.459 e. The Bertz CT molecular complexity index is 875. The van der Waals surface area contributed by atoms with Crippen LogP contribution in [0.25, 0.3) is 0 Å². The molecule has 2 aliphatic heterocycles. The van der Waals surface area contributed by atoms with Crippen LogP contribution in [-0.2, 0) is 14.3 Å². The van der Waals surface area contributed by atoms with Gasteiger partial charge in [-0.05, 0) is 71.8 Å². The maximum Gasteiger partial charge on any atom is 0.290 e. The summed E-state index contributed by atoms with van der Waals surface area (Å²) in [6.45, 7) is 0.892. The Hall–Kier alpha value is -2.20. The van der Waals surface area contributed by atoms with Crippen molar-refractivity contribution in [1.29, 1.82) is 0 Å². The van der Waals surface area contributed by atoms with Gasteiger partial charge >= 0.3 is 0 Å². The Morgan fingerprint density at radius 2 is 2.00 bits per heavy atom. The van der Waals surface area contributed by atoms with Gasteiger partial charge in [0.15, 0.2) is 5.76 Å². The molecule has 3 heterocycles. The number of amides is 3. The van der Waals surface area contributed by atoms with E-state index in [4.69, 9.17) is 9.15 Å². The topological polar surface area (TPSA) is 80.1 Å². The molecule has 1 aromatic heterocycles. The number of anilines is 1. The van der Waals surface area contributed by atoms with Gasteiger partial charge in [-0.3, -0.25) is 14.4 Å². The highest BCUT2D eigenvalue weighted by atomic mass is 127. The SMILES string of the molecule is O=C1CC(N(CC2CCCO2)C(=O)c2ccco2)C(=O)N1c1ccc(I)cc1. The first kappa shape index (κ1) is 19.1. The number of carbonyl (C=O) groups excluding carboxylic acids is 3. The highest BCUT2D eigenvalue weighted by molar-refractivity contribution is 14.1. The number of benzene rings is 1. The zero-order valence-corrected chi connectivity index (χ0v) is 17.2. The predicted octanol–water partition coefficient (Wildman–Crippen LogP) is 2.84. The molecule has 7 nitrogen and oxygen atoms in total. The predicted molar refractivity (Wildman–Crippen MR) is 109 cm³/mol. The van der Waals surface area contributed by atoms with Crippen LogP contribution in [0.5, 0.6) is 0 Å². The Kier molecular flexibility index (Phi) is 5.49. The Morgan fingerprint density at radius 3 is 2.64 bits per heavy atom. The minimum atomic E-state index is -0.867. The Labute approximate surface area is 175 Å². The van der Waals surface area contributed by atoms with Crippen molar-refractivity contribution in [3.63, 3.8) is 0 Å². The number of hydrogen-bond acceptors (Lipinski definition) is 5. The van der Waals surface area contributed by atoms with Gasteiger partial charge in [0.1, 0.15) is 6.04 Å². The summed E-state index contributed by atoms with van der Waals surface area (Å²) < 4.78 is 11.9. The third-order valence-electron chi connectivity index (χ3n) is 5.00. The molecule has 2 unspecified atom stereocenters. The molecule has 0 radical (unpaired) electrons. The molecular weight excluding hydrogens is 475 g/mol. The van der Waals surface area contributed by atoms with Gasteiger partial charge in [0, 0.05) is 16.7 Å². The number of rotatable bonds is 5. The van der Waals surface area contributed by atoms with Gasteiger partial charge in [0.05, 0.1) is 24.5 Å². The maximum absolute atomic E-state index is 13.1. The molecule has 1 aromatic carbocycles. The number of ether oxygens (including phenoxy) is 1. The van der Waals surface area contributed by atoms with E-state index in [1.165, 1.54) is 16.1 Å². The minimum absolute atomic E-state index is 0.0516. The molecular formula is C20H19IN2O5. The first-order valence-corrected chi connectivity index (χ1v) is 10.2. The van der Waals surface area contributed by atoms with Gasteiger partial charge in [-0.1, -0.05) is 0 Å². The summed E-state index contributed by atoms with van der Waals surface area (Å²) in [5.74, 6) is -0.980. The van der Waals surface area contributed by atoms with Gasteiger partial charge in [0.25, 0.3) is 11.8 Å². The summed E-state index contributed by atoms with van der Waals surface area (Å²) in [5, 5.41) is 0. The van der Waals surface area contributed by atoms with Crippen LogP contribution in [0.1, 0.15) is 29.8 Å². The van der Waals surface area contributed by atoms with E-state index in [2.05, 4.69) is 22.6 Å². The molecule has 2 aliphatic rings. The quantitative estimate of drug-likeness (QED) is 0.472. The van der Waals surface area contributed by atoms with Crippen LogP contribution in [0.2, 0.25) is 0 Å². The number of imide groups is 1. The fourth-order valence-electron chi connectivity index (χ4n) is 3.62. The highest BCUT2D eigenvalue weighted by Crippen LogP contribution is 2.28. The van der Waals surface area contributed by atoms with Crippen molar-refractivity contribution < 1.29 is 23.5 Å². The molecule has 0 aliphatic carbocycles. The summed E-state index contributed by atoms with van der Waals surface area (Å²) >= 11 is 2.16. The lowest BCUT2D eigenvalue weighted by Crippen LogP contribution is -2.48. The lowest BCUT2D eigenvalue weighted by molar-refractivity contribution is -0.122. The molecule has 2 aromatic rings. The first-order valence-electron chi connectivity index (χ1n) is 9.13. The third-order valence-corrected chi connectivity index (χ3v) is 5.72. The van der Waals surface area contributed by atoms with Gasteiger partial charge in [-0.2, -0.15) is 0 Å². The second kappa shape index (κ2) is 8.04. The molecule has 2 saturated heterocycles. The fourth-order valence-corrected chi connectivity index (χ4v) is 3.98. The molecule has 146 valence electrons. The summed E-state index contributed by atoms with van der Waals surface area (Å²) in [4.78, 5) is 41.4. The summed E-state index contributed by atoms with van der Waals surface area (Å²) in [5.41, 5.74) is 0.514. The number of halogens is 1. The normalized spacial score (nSPS) is 22.1. The summed E-state index contributed by atoms with van der Waals surface area (Å²) in [7, 11) is 0. The van der Waals surface area contributed by atoms with Crippen LogP contribution >= 0.6 is 22.6 Å². The molecule has 0 bridgehead atoms. The summed E-state index contributed by atoms with van der Waals surface area (Å²) in [6, 6.07) is 9.45. The molecule has 28 heavy (non-hydrogen) atoms. The molecule has 0 spiro atoms. The molecule has 8 heteroatoms. The fraction of sp³-hybridized carbons (Fsp3) is 0.350. The Balaban J connectivity index is 1.61. The second-order valence-corrected chi connectivity index (χ2v) is 8.08. The Morgan fingerprint density at radius 1 is 1.21 bits per heavy atom. The van der Waals surface area contributed by atoms with Gasteiger partial charge in [-0.25, -0.2) is 4.90 Å². The van der Waals surface area contributed by atoms with E-state index < -0.39 is 17.9 Å². The van der Waals surface area contributed by atoms with Crippen LogP contribution in [-0.4, -0.2) is 47.9 Å². The smallest absolute Gasteiger partial charge is 0.290 e. The van der Waals surface area contributed by atoms with Crippen molar-refractivity contribution in [3.05, 3.63) is 52.0 Å². The maximum atomic E-state index is 13.1. The van der Waals surface area contributed by atoms with Crippen LogP contribution < -0.4 is 4.90 Å². The van der Waals surface area contributed by atoms with Gasteiger partial charge in [-0.15, -0.1) is 0 Å². The molecule has 2 fully saturated rings. The van der Waals surface area contributed by atoms with E-state index in [1.54, 1.807) is 24.3 Å². The number of carbonyl (C=O) groups is 3. The second-order valence-electron chi connectivity index (χ2n) is 6.83. The highest BCUT2D eigenvalue weighted by Gasteiger charge is 2.45. The van der Waals surface area contributed by atoms with Crippen LogP contribution in [0.4, 0.5) is 5.69 Å². The van der Waals surface area contributed by atoms with Crippen molar-refractivity contribution in [1.82, 2.24) is 4.90 Å². The molecule has 3 amide bonds. The lowest BCUT2D eigenvalue weighted by atomic mass is 10.1. The van der Waals surface area contributed by atoms with E-state index in [9.17, 15) is 14.4 Å². The van der Waals surface area contributed by atoms with E-state index in [-0.39, 0.29) is 30.7 Å². The van der Waals surface area contributed by atoms with Crippen molar-refractivity contribution in [3.8, 4) is 0 Å². The number of nitrogens with zero attached hydrogens (tertiary/aromatic N) is 2. The van der Waals surface area contributed by atoms with Crippen LogP contribution in [0.3, 0.4) is 0 Å². The average Bonchev–Trinajstić information content (AvgIpc) is 3.43. The number of furan rings is 1. The van der Waals surface area contributed by atoms with Crippen molar-refractivity contribution in [2.75, 3.05) is 18.1 Å². The zero-order chi connectivity index (χ0) is 19.7. The molecule has 0 saturated carbocycles. The minimum Gasteiger partial charge on any atom is -0.459 e. The number of hydrogen-bond donors (Lipinski definition) is 0. The van der Waals surface area contributed by atoms with E-state index in [0.717, 1.165) is 16.4 Å². The zero-order valence-electron chi connectivity index (χ0n) is 15.0. The van der Waals surface area contributed by atoms with Gasteiger partial charge in [0.2, 0.25) is 5.91 Å². The molecule has 4 rings (SSSR count). The standard InChI is InChI=1S/C20H19IN2O5/c21-13-5-7-14(8-6-13)23-18(24)11-16(19(23)25)22(12-15-3-1-9-27-15)20(26)17-4-2-10-28-17/h2,4-8,10,15-16H,1,3,9,11-12H2. The van der Waals surface area contributed by atoms with E-state index >= 15 is 0 Å². The average molecular weight is 494 g/mol. The first-order chi connectivity index (χ1) is 13.5. The molecule has 2 atom stereocenters. The lowest BCUT2D eigenvalue weighted by Gasteiger charge is -2.29. The van der Waals surface area contributed by atoms with Crippen molar-refractivity contribution >= 4 is 46.0 Å². The monoisotopic (exact) mass is 494 g/mol. The van der Waals surface area contributed by atoms with E-state index in [0.29, 0.717) is 12.3 Å². The van der Waals surface area contributed by atoms with Crippen molar-refractivity contribution in [2.45, 2.75) is 31.4 Å².